The number of aliphatic hydroxyl groups excluding tert-OH is 1. The summed E-state index contributed by atoms with van der Waals surface area (Å²) in [6.45, 7) is 1.09. The van der Waals surface area contributed by atoms with Crippen molar-refractivity contribution in [1.29, 1.82) is 0 Å². The van der Waals surface area contributed by atoms with Crippen molar-refractivity contribution in [3.63, 3.8) is 0 Å². The van der Waals surface area contributed by atoms with E-state index >= 15 is 0 Å². The quantitative estimate of drug-likeness (QED) is 0.840. The smallest absolute Gasteiger partial charge is 0.323 e. The van der Waals surface area contributed by atoms with E-state index in [1.165, 1.54) is 11.3 Å². The number of amides is 2. The number of thiazole rings is 1. The van der Waals surface area contributed by atoms with Crippen LogP contribution in [0, 0.1) is 0 Å². The van der Waals surface area contributed by atoms with Gasteiger partial charge in [0.05, 0.1) is 16.3 Å². The summed E-state index contributed by atoms with van der Waals surface area (Å²) < 4.78 is 1.05. The molecule has 1 aromatic carbocycles. The number of nitrogens with zero attached hydrogens (tertiary/aromatic N) is 2. The molecule has 0 unspecified atom stereocenters. The molecule has 0 aliphatic carbocycles. The zero-order chi connectivity index (χ0) is 13.2. The number of anilines is 1. The SMILES string of the molecule is O=C(Nc1nc2ccccc2s1)N1CCC[C@@H](O)C1. The van der Waals surface area contributed by atoms with E-state index in [-0.39, 0.29) is 6.03 Å². The minimum Gasteiger partial charge on any atom is -0.391 e. The van der Waals surface area contributed by atoms with E-state index in [0.717, 1.165) is 23.1 Å². The average Bonchev–Trinajstić information content (AvgIpc) is 2.80. The lowest BCUT2D eigenvalue weighted by Gasteiger charge is -2.29. The number of piperidine rings is 1. The molecule has 2 aromatic rings. The maximum absolute atomic E-state index is 12.1. The molecule has 19 heavy (non-hydrogen) atoms. The Morgan fingerprint density at radius 2 is 2.32 bits per heavy atom. The fourth-order valence-electron chi connectivity index (χ4n) is 2.24. The van der Waals surface area contributed by atoms with Gasteiger partial charge < -0.3 is 10.0 Å². The molecule has 100 valence electrons. The highest BCUT2D eigenvalue weighted by Gasteiger charge is 2.22. The number of para-hydroxylation sites is 1. The normalized spacial score (nSPS) is 19.6. The molecule has 0 spiro atoms. The number of likely N-dealkylation sites (tertiary alicyclic amines) is 1. The van der Waals surface area contributed by atoms with E-state index < -0.39 is 6.10 Å². The maximum Gasteiger partial charge on any atom is 0.323 e. The Hall–Kier alpha value is -1.66. The molecule has 1 fully saturated rings. The molecule has 2 amide bonds. The lowest BCUT2D eigenvalue weighted by molar-refractivity contribution is 0.0883. The van der Waals surface area contributed by atoms with Gasteiger partial charge in [-0.1, -0.05) is 23.5 Å². The number of urea groups is 1. The van der Waals surface area contributed by atoms with E-state index in [2.05, 4.69) is 10.3 Å². The van der Waals surface area contributed by atoms with Crippen LogP contribution in [-0.4, -0.2) is 40.2 Å². The van der Waals surface area contributed by atoms with Crippen molar-refractivity contribution in [2.45, 2.75) is 18.9 Å². The van der Waals surface area contributed by atoms with Crippen molar-refractivity contribution in [3.8, 4) is 0 Å². The second kappa shape index (κ2) is 5.14. The van der Waals surface area contributed by atoms with Gasteiger partial charge in [-0.3, -0.25) is 5.32 Å². The number of benzene rings is 1. The Balaban J connectivity index is 1.71. The summed E-state index contributed by atoms with van der Waals surface area (Å²) in [5.74, 6) is 0. The van der Waals surface area contributed by atoms with Crippen LogP contribution in [-0.2, 0) is 0 Å². The molecule has 1 aromatic heterocycles. The minimum absolute atomic E-state index is 0.183. The van der Waals surface area contributed by atoms with E-state index in [1.807, 2.05) is 24.3 Å². The molecule has 0 saturated carbocycles. The largest absolute Gasteiger partial charge is 0.391 e. The Bertz CT molecular complexity index is 565. The number of carbonyl (C=O) groups excluding carboxylic acids is 1. The number of β-amino-alcohol motifs (C(OH)–C–C–N with tert-alkyl or cyclic N) is 1. The Morgan fingerprint density at radius 1 is 1.47 bits per heavy atom. The van der Waals surface area contributed by atoms with Gasteiger partial charge in [-0.15, -0.1) is 0 Å². The summed E-state index contributed by atoms with van der Waals surface area (Å²) in [5, 5.41) is 13.0. The second-order valence-electron chi connectivity index (χ2n) is 4.66. The first-order chi connectivity index (χ1) is 9.22. The monoisotopic (exact) mass is 277 g/mol. The Kier molecular flexibility index (Phi) is 3.35. The molecule has 1 aliphatic rings. The third-order valence-corrected chi connectivity index (χ3v) is 4.14. The van der Waals surface area contributed by atoms with Gasteiger partial charge in [0.2, 0.25) is 0 Å². The van der Waals surface area contributed by atoms with Crippen LogP contribution < -0.4 is 5.32 Å². The topological polar surface area (TPSA) is 65.5 Å². The molecule has 0 bridgehead atoms. The van der Waals surface area contributed by atoms with Gasteiger partial charge in [0.15, 0.2) is 5.13 Å². The number of aromatic nitrogens is 1. The summed E-state index contributed by atoms with van der Waals surface area (Å²) in [6.07, 6.45) is 1.20. The highest BCUT2D eigenvalue weighted by molar-refractivity contribution is 7.22. The first-order valence-corrected chi connectivity index (χ1v) is 7.13. The summed E-state index contributed by atoms with van der Waals surface area (Å²) in [4.78, 5) is 18.1. The first kappa shape index (κ1) is 12.4. The van der Waals surface area contributed by atoms with E-state index in [4.69, 9.17) is 0 Å². The van der Waals surface area contributed by atoms with Gasteiger partial charge in [-0.2, -0.15) is 0 Å². The number of rotatable bonds is 1. The van der Waals surface area contributed by atoms with E-state index in [0.29, 0.717) is 18.2 Å². The predicted octanol–water partition coefficient (Wildman–Crippen LogP) is 2.28. The van der Waals surface area contributed by atoms with Crippen molar-refractivity contribution in [2.75, 3.05) is 18.4 Å². The summed E-state index contributed by atoms with van der Waals surface area (Å²) >= 11 is 1.46. The standard InChI is InChI=1S/C13H15N3O2S/c17-9-4-3-7-16(8-9)13(18)15-12-14-10-5-1-2-6-11(10)19-12/h1-2,5-6,9,17H,3-4,7-8H2,(H,14,15,18)/t9-/m1/s1. The number of hydrogen-bond acceptors (Lipinski definition) is 4. The average molecular weight is 277 g/mol. The number of hydrogen-bond donors (Lipinski definition) is 2. The summed E-state index contributed by atoms with van der Waals surface area (Å²) in [5.41, 5.74) is 0.890. The molecule has 1 saturated heterocycles. The summed E-state index contributed by atoms with van der Waals surface area (Å²) in [6, 6.07) is 7.60. The number of fused-ring (bicyclic) bond motifs is 1. The van der Waals surface area contributed by atoms with E-state index in [9.17, 15) is 9.90 Å². The van der Waals surface area contributed by atoms with Crippen LogP contribution in [0.25, 0.3) is 10.2 Å². The zero-order valence-corrected chi connectivity index (χ0v) is 11.2. The lowest BCUT2D eigenvalue weighted by Crippen LogP contribution is -2.44. The molecular weight excluding hydrogens is 262 g/mol. The highest BCUT2D eigenvalue weighted by Crippen LogP contribution is 2.25. The molecule has 3 rings (SSSR count). The van der Waals surface area contributed by atoms with Gasteiger partial charge in [0, 0.05) is 13.1 Å². The molecule has 5 nitrogen and oxygen atoms in total. The molecule has 1 atom stereocenters. The molecule has 6 heteroatoms. The third-order valence-electron chi connectivity index (χ3n) is 3.19. The number of aliphatic hydroxyl groups is 1. The minimum atomic E-state index is -0.408. The van der Waals surface area contributed by atoms with Crippen molar-refractivity contribution in [2.24, 2.45) is 0 Å². The fraction of sp³-hybridized carbons (Fsp3) is 0.385. The predicted molar refractivity (Wildman–Crippen MR) is 75.5 cm³/mol. The van der Waals surface area contributed by atoms with Gasteiger partial charge >= 0.3 is 6.03 Å². The Labute approximate surface area is 114 Å². The Morgan fingerprint density at radius 3 is 3.11 bits per heavy atom. The molecule has 0 radical (unpaired) electrons. The highest BCUT2D eigenvalue weighted by atomic mass is 32.1. The number of nitrogens with one attached hydrogen (secondary N) is 1. The summed E-state index contributed by atoms with van der Waals surface area (Å²) in [7, 11) is 0. The fourth-order valence-corrected chi connectivity index (χ4v) is 3.09. The van der Waals surface area contributed by atoms with Crippen molar-refractivity contribution >= 4 is 32.7 Å². The van der Waals surface area contributed by atoms with Crippen LogP contribution in [0.5, 0.6) is 0 Å². The van der Waals surface area contributed by atoms with Crippen LogP contribution in [0.3, 0.4) is 0 Å². The van der Waals surface area contributed by atoms with Gasteiger partial charge in [-0.25, -0.2) is 9.78 Å². The van der Waals surface area contributed by atoms with Crippen LogP contribution in [0.2, 0.25) is 0 Å². The van der Waals surface area contributed by atoms with Crippen LogP contribution in [0.15, 0.2) is 24.3 Å². The van der Waals surface area contributed by atoms with Crippen LogP contribution in [0.1, 0.15) is 12.8 Å². The van der Waals surface area contributed by atoms with Crippen LogP contribution in [0.4, 0.5) is 9.93 Å². The zero-order valence-electron chi connectivity index (χ0n) is 10.4. The van der Waals surface area contributed by atoms with Crippen molar-refractivity contribution in [3.05, 3.63) is 24.3 Å². The van der Waals surface area contributed by atoms with Gasteiger partial charge in [0.25, 0.3) is 0 Å². The van der Waals surface area contributed by atoms with Crippen molar-refractivity contribution in [1.82, 2.24) is 9.88 Å². The van der Waals surface area contributed by atoms with Crippen LogP contribution >= 0.6 is 11.3 Å². The lowest BCUT2D eigenvalue weighted by atomic mass is 10.1. The van der Waals surface area contributed by atoms with Gasteiger partial charge in [-0.05, 0) is 25.0 Å². The molecule has 1 aliphatic heterocycles. The third kappa shape index (κ3) is 2.69. The molecule has 2 N–H and O–H groups in total. The maximum atomic E-state index is 12.1. The van der Waals surface area contributed by atoms with Crippen molar-refractivity contribution < 1.29 is 9.90 Å². The second-order valence-corrected chi connectivity index (χ2v) is 5.69. The first-order valence-electron chi connectivity index (χ1n) is 6.32. The molecule has 2 heterocycles. The number of carbonyl (C=O) groups is 1. The van der Waals surface area contributed by atoms with Gasteiger partial charge in [0.1, 0.15) is 0 Å². The van der Waals surface area contributed by atoms with E-state index in [1.54, 1.807) is 4.90 Å². The molecular formula is C13H15N3O2S.